The Hall–Kier alpha value is -2.96. The van der Waals surface area contributed by atoms with Crippen LogP contribution in [0.5, 0.6) is 17.2 Å². The van der Waals surface area contributed by atoms with Crippen LogP contribution in [0.15, 0.2) is 42.5 Å². The third-order valence-corrected chi connectivity index (χ3v) is 3.62. The Kier molecular flexibility index (Phi) is 7.54. The summed E-state index contributed by atoms with van der Waals surface area (Å²) < 4.78 is 28.6. The molecule has 2 aromatic rings. The molecule has 0 saturated carbocycles. The van der Waals surface area contributed by atoms with Crippen LogP contribution in [0.4, 0.5) is 9.18 Å². The van der Waals surface area contributed by atoms with Crippen LogP contribution in [-0.4, -0.2) is 39.9 Å². The molecule has 2 aromatic carbocycles. The molecule has 7 heteroatoms. The number of halogens is 1. The molecule has 0 spiro atoms. The number of carbonyl (C=O) groups excluding carboxylic acids is 1. The first-order chi connectivity index (χ1) is 12.6. The zero-order valence-electron chi connectivity index (χ0n) is 14.9. The third kappa shape index (κ3) is 6.16. The van der Waals surface area contributed by atoms with Gasteiger partial charge in [0, 0.05) is 6.54 Å². The van der Waals surface area contributed by atoms with E-state index in [1.54, 1.807) is 26.4 Å². The van der Waals surface area contributed by atoms with E-state index in [2.05, 4.69) is 10.6 Å². The molecule has 0 fully saturated rings. The van der Waals surface area contributed by atoms with Crippen LogP contribution in [0, 0.1) is 5.82 Å². The number of rotatable bonds is 9. The van der Waals surface area contributed by atoms with Gasteiger partial charge in [-0.25, -0.2) is 9.18 Å². The number of benzene rings is 2. The summed E-state index contributed by atoms with van der Waals surface area (Å²) in [5, 5.41) is 5.47. The van der Waals surface area contributed by atoms with Gasteiger partial charge in [0.2, 0.25) is 0 Å². The average Bonchev–Trinajstić information content (AvgIpc) is 2.66. The van der Waals surface area contributed by atoms with Crippen molar-refractivity contribution in [1.29, 1.82) is 0 Å². The number of amides is 2. The number of hydrogen-bond acceptors (Lipinski definition) is 4. The van der Waals surface area contributed by atoms with Crippen LogP contribution in [0.2, 0.25) is 0 Å². The number of carbonyl (C=O) groups is 1. The van der Waals surface area contributed by atoms with Gasteiger partial charge in [-0.1, -0.05) is 6.07 Å². The van der Waals surface area contributed by atoms with Crippen LogP contribution in [0.3, 0.4) is 0 Å². The molecule has 0 aliphatic heterocycles. The Bertz CT molecular complexity index is 707. The third-order valence-electron chi connectivity index (χ3n) is 3.62. The molecule has 0 heterocycles. The predicted octanol–water partition coefficient (Wildman–Crippen LogP) is 2.76. The average molecular weight is 362 g/mol. The van der Waals surface area contributed by atoms with E-state index in [1.165, 1.54) is 12.1 Å². The maximum absolute atomic E-state index is 12.8. The maximum Gasteiger partial charge on any atom is 0.314 e. The Morgan fingerprint density at radius 1 is 0.962 bits per heavy atom. The normalized spacial score (nSPS) is 10.1. The van der Waals surface area contributed by atoms with E-state index in [9.17, 15) is 9.18 Å². The molecule has 0 unspecified atom stereocenters. The second-order valence-corrected chi connectivity index (χ2v) is 5.42. The fourth-order valence-electron chi connectivity index (χ4n) is 2.28. The van der Waals surface area contributed by atoms with E-state index < -0.39 is 0 Å². The molecule has 0 aliphatic carbocycles. The summed E-state index contributed by atoms with van der Waals surface area (Å²) in [5.41, 5.74) is 1.03. The maximum atomic E-state index is 12.8. The molecule has 0 bridgehead atoms. The van der Waals surface area contributed by atoms with Crippen molar-refractivity contribution >= 4 is 6.03 Å². The first-order valence-electron chi connectivity index (χ1n) is 8.23. The molecule has 0 atom stereocenters. The lowest BCUT2D eigenvalue weighted by Crippen LogP contribution is -2.38. The minimum atomic E-state index is -0.315. The standard InChI is InChI=1S/C19H23FN2O4/c1-24-17-8-3-14(13-18(17)25-2)9-10-21-19(23)22-11-12-26-16-6-4-15(20)5-7-16/h3-8,13H,9-12H2,1-2H3,(H2,21,22,23). The fourth-order valence-corrected chi connectivity index (χ4v) is 2.28. The summed E-state index contributed by atoms with van der Waals surface area (Å²) in [6.07, 6.45) is 0.667. The van der Waals surface area contributed by atoms with Crippen LogP contribution >= 0.6 is 0 Å². The summed E-state index contributed by atoms with van der Waals surface area (Å²) in [6, 6.07) is 11.1. The van der Waals surface area contributed by atoms with Gasteiger partial charge in [0.25, 0.3) is 0 Å². The summed E-state index contributed by atoms with van der Waals surface area (Å²) in [6.45, 7) is 1.13. The number of hydrogen-bond donors (Lipinski definition) is 2. The summed E-state index contributed by atoms with van der Waals surface area (Å²) >= 11 is 0. The van der Waals surface area contributed by atoms with Crippen molar-refractivity contribution < 1.29 is 23.4 Å². The van der Waals surface area contributed by atoms with Crippen molar-refractivity contribution in [3.05, 3.63) is 53.8 Å². The van der Waals surface area contributed by atoms with Gasteiger partial charge >= 0.3 is 6.03 Å². The van der Waals surface area contributed by atoms with Gasteiger partial charge in [-0.05, 0) is 48.4 Å². The lowest BCUT2D eigenvalue weighted by atomic mass is 10.1. The lowest BCUT2D eigenvalue weighted by molar-refractivity contribution is 0.236. The molecule has 0 aliphatic rings. The van der Waals surface area contributed by atoms with Gasteiger partial charge in [-0.15, -0.1) is 0 Å². The highest BCUT2D eigenvalue weighted by atomic mass is 19.1. The number of ether oxygens (including phenoxy) is 3. The summed E-state index contributed by atoms with van der Waals surface area (Å²) in [4.78, 5) is 11.7. The van der Waals surface area contributed by atoms with Gasteiger partial charge in [0.15, 0.2) is 11.5 Å². The zero-order chi connectivity index (χ0) is 18.8. The zero-order valence-corrected chi connectivity index (χ0v) is 14.9. The SMILES string of the molecule is COc1ccc(CCNC(=O)NCCOc2ccc(F)cc2)cc1OC. The number of nitrogens with one attached hydrogen (secondary N) is 2. The van der Waals surface area contributed by atoms with Crippen molar-refractivity contribution in [1.82, 2.24) is 10.6 Å². The Balaban J connectivity index is 1.63. The molecule has 0 radical (unpaired) electrons. The molecule has 6 nitrogen and oxygen atoms in total. The van der Waals surface area contributed by atoms with Crippen molar-refractivity contribution in [3.63, 3.8) is 0 Å². The van der Waals surface area contributed by atoms with Crippen molar-refractivity contribution in [2.24, 2.45) is 0 Å². The molecule has 0 saturated heterocycles. The minimum Gasteiger partial charge on any atom is -0.493 e. The largest absolute Gasteiger partial charge is 0.493 e. The van der Waals surface area contributed by atoms with Gasteiger partial charge in [-0.3, -0.25) is 0 Å². The number of methoxy groups -OCH3 is 2. The highest BCUT2D eigenvalue weighted by Gasteiger charge is 2.05. The first kappa shape index (κ1) is 19.4. The van der Waals surface area contributed by atoms with E-state index in [0.29, 0.717) is 43.4 Å². The predicted molar refractivity (Wildman–Crippen MR) is 96.5 cm³/mol. The van der Waals surface area contributed by atoms with E-state index in [0.717, 1.165) is 5.56 Å². The minimum absolute atomic E-state index is 0.270. The lowest BCUT2D eigenvalue weighted by Gasteiger charge is -2.11. The van der Waals surface area contributed by atoms with Gasteiger partial charge in [-0.2, -0.15) is 0 Å². The monoisotopic (exact) mass is 362 g/mol. The van der Waals surface area contributed by atoms with Crippen LogP contribution in [0.1, 0.15) is 5.56 Å². The Morgan fingerprint density at radius 3 is 2.35 bits per heavy atom. The molecular formula is C19H23FN2O4. The molecule has 26 heavy (non-hydrogen) atoms. The van der Waals surface area contributed by atoms with Gasteiger partial charge in [0.05, 0.1) is 20.8 Å². The first-order valence-corrected chi connectivity index (χ1v) is 8.23. The van der Waals surface area contributed by atoms with Crippen molar-refractivity contribution in [3.8, 4) is 17.2 Å². The fraction of sp³-hybridized carbons (Fsp3) is 0.316. The molecule has 2 N–H and O–H groups in total. The summed E-state index contributed by atoms with van der Waals surface area (Å²) in [5.74, 6) is 1.57. The van der Waals surface area contributed by atoms with Crippen LogP contribution in [0.25, 0.3) is 0 Å². The number of urea groups is 1. The van der Waals surface area contributed by atoms with Crippen LogP contribution in [-0.2, 0) is 6.42 Å². The molecule has 2 rings (SSSR count). The van der Waals surface area contributed by atoms with E-state index >= 15 is 0 Å². The summed E-state index contributed by atoms with van der Waals surface area (Å²) in [7, 11) is 3.17. The Morgan fingerprint density at radius 2 is 1.65 bits per heavy atom. The topological polar surface area (TPSA) is 68.8 Å². The second-order valence-electron chi connectivity index (χ2n) is 5.42. The molecule has 2 amide bonds. The highest BCUT2D eigenvalue weighted by Crippen LogP contribution is 2.27. The molecule has 0 aromatic heterocycles. The van der Waals surface area contributed by atoms with Crippen LogP contribution < -0.4 is 24.8 Å². The molecular weight excluding hydrogens is 339 g/mol. The van der Waals surface area contributed by atoms with Gasteiger partial charge < -0.3 is 24.8 Å². The second kappa shape index (κ2) is 10.1. The van der Waals surface area contributed by atoms with Crippen molar-refractivity contribution in [2.75, 3.05) is 33.9 Å². The van der Waals surface area contributed by atoms with Gasteiger partial charge in [0.1, 0.15) is 18.2 Å². The van der Waals surface area contributed by atoms with E-state index in [4.69, 9.17) is 14.2 Å². The van der Waals surface area contributed by atoms with E-state index in [1.807, 2.05) is 18.2 Å². The Labute approximate surface area is 152 Å². The quantitative estimate of drug-likeness (QED) is 0.673. The highest BCUT2D eigenvalue weighted by molar-refractivity contribution is 5.73. The smallest absolute Gasteiger partial charge is 0.314 e. The van der Waals surface area contributed by atoms with E-state index in [-0.39, 0.29) is 11.8 Å². The molecule has 140 valence electrons. The van der Waals surface area contributed by atoms with Crippen molar-refractivity contribution in [2.45, 2.75) is 6.42 Å².